The predicted octanol–water partition coefficient (Wildman–Crippen LogP) is -0.683. The molecular formula is C10H19N3O2. The van der Waals surface area contributed by atoms with Crippen LogP contribution < -0.4 is 11.1 Å². The largest absolute Gasteiger partial charge is 0.344 e. The van der Waals surface area contributed by atoms with E-state index in [0.717, 1.165) is 0 Å². The monoisotopic (exact) mass is 213 g/mol. The van der Waals surface area contributed by atoms with Crippen molar-refractivity contribution in [2.24, 2.45) is 11.7 Å². The normalized spacial score (nSPS) is 23.4. The second-order valence-electron chi connectivity index (χ2n) is 4.38. The Morgan fingerprint density at radius 1 is 1.60 bits per heavy atom. The molecule has 0 bridgehead atoms. The molecule has 0 spiro atoms. The van der Waals surface area contributed by atoms with Crippen LogP contribution in [0.3, 0.4) is 0 Å². The van der Waals surface area contributed by atoms with E-state index in [1.54, 1.807) is 11.9 Å². The highest BCUT2D eigenvalue weighted by atomic mass is 16.2. The Labute approximate surface area is 90.0 Å². The van der Waals surface area contributed by atoms with E-state index in [4.69, 9.17) is 5.73 Å². The molecule has 0 radical (unpaired) electrons. The molecule has 5 nitrogen and oxygen atoms in total. The average molecular weight is 213 g/mol. The molecule has 0 aromatic carbocycles. The van der Waals surface area contributed by atoms with E-state index in [2.05, 4.69) is 5.32 Å². The minimum Gasteiger partial charge on any atom is -0.344 e. The summed E-state index contributed by atoms with van der Waals surface area (Å²) in [6.07, 6.45) is 0.673. The summed E-state index contributed by atoms with van der Waals surface area (Å²) in [5.74, 6) is -0.183. The molecule has 1 saturated heterocycles. The van der Waals surface area contributed by atoms with Gasteiger partial charge in [0.05, 0.1) is 6.04 Å². The number of nitrogens with zero attached hydrogens (tertiary/aromatic N) is 1. The zero-order valence-electron chi connectivity index (χ0n) is 9.49. The third kappa shape index (κ3) is 2.68. The summed E-state index contributed by atoms with van der Waals surface area (Å²) >= 11 is 0. The van der Waals surface area contributed by atoms with Crippen LogP contribution in [0.2, 0.25) is 0 Å². The van der Waals surface area contributed by atoms with Crippen molar-refractivity contribution in [1.29, 1.82) is 0 Å². The van der Waals surface area contributed by atoms with E-state index < -0.39 is 6.04 Å². The molecule has 1 heterocycles. The van der Waals surface area contributed by atoms with Gasteiger partial charge in [0.25, 0.3) is 0 Å². The van der Waals surface area contributed by atoms with Gasteiger partial charge >= 0.3 is 0 Å². The van der Waals surface area contributed by atoms with Crippen molar-refractivity contribution >= 4 is 11.8 Å². The Morgan fingerprint density at radius 3 is 2.60 bits per heavy atom. The number of amides is 2. The molecule has 86 valence electrons. The summed E-state index contributed by atoms with van der Waals surface area (Å²) in [5.41, 5.74) is 5.68. The molecule has 2 atom stereocenters. The summed E-state index contributed by atoms with van der Waals surface area (Å²) in [7, 11) is 1.73. The highest BCUT2D eigenvalue weighted by Crippen LogP contribution is 2.09. The lowest BCUT2D eigenvalue weighted by Gasteiger charge is -2.18. The standard InChI is InChI=1S/C10H19N3O2/c1-6(2)8(11)9(14)12-7-4-5-13(3)10(7)15/h6-8H,4-5,11H2,1-3H3,(H,12,14)/t7?,8-/m0/s1. The van der Waals surface area contributed by atoms with Crippen molar-refractivity contribution in [2.45, 2.75) is 32.4 Å². The summed E-state index contributed by atoms with van der Waals surface area (Å²) < 4.78 is 0. The fourth-order valence-corrected chi connectivity index (χ4v) is 1.53. The van der Waals surface area contributed by atoms with Gasteiger partial charge in [-0.25, -0.2) is 0 Å². The first-order valence-electron chi connectivity index (χ1n) is 5.24. The van der Waals surface area contributed by atoms with Crippen molar-refractivity contribution in [3.05, 3.63) is 0 Å². The molecule has 15 heavy (non-hydrogen) atoms. The van der Waals surface area contributed by atoms with Crippen LogP contribution in [0.4, 0.5) is 0 Å². The Kier molecular flexibility index (Phi) is 3.68. The number of hydrogen-bond acceptors (Lipinski definition) is 3. The maximum Gasteiger partial charge on any atom is 0.244 e. The second-order valence-corrected chi connectivity index (χ2v) is 4.38. The molecule has 2 amide bonds. The van der Waals surface area contributed by atoms with Crippen LogP contribution in [0, 0.1) is 5.92 Å². The molecule has 1 fully saturated rings. The third-order valence-electron chi connectivity index (χ3n) is 2.76. The molecule has 0 aromatic heterocycles. The number of likely N-dealkylation sites (tertiary alicyclic amines) is 1. The van der Waals surface area contributed by atoms with Gasteiger partial charge < -0.3 is 16.0 Å². The van der Waals surface area contributed by atoms with Crippen LogP contribution in [0.25, 0.3) is 0 Å². The van der Waals surface area contributed by atoms with Crippen LogP contribution in [0.5, 0.6) is 0 Å². The van der Waals surface area contributed by atoms with E-state index in [0.29, 0.717) is 13.0 Å². The van der Waals surface area contributed by atoms with E-state index in [1.165, 1.54) is 0 Å². The first-order chi connectivity index (χ1) is 6.93. The first kappa shape index (κ1) is 12.0. The lowest BCUT2D eigenvalue weighted by Crippen LogP contribution is -2.49. The van der Waals surface area contributed by atoms with Gasteiger partial charge in [0, 0.05) is 13.6 Å². The highest BCUT2D eigenvalue weighted by Gasteiger charge is 2.31. The first-order valence-corrected chi connectivity index (χ1v) is 5.24. The summed E-state index contributed by atoms with van der Waals surface area (Å²) in [5, 5.41) is 2.68. The lowest BCUT2D eigenvalue weighted by atomic mass is 10.0. The maximum absolute atomic E-state index is 11.6. The minimum absolute atomic E-state index is 0.0284. The number of rotatable bonds is 3. The van der Waals surface area contributed by atoms with Crippen molar-refractivity contribution in [3.8, 4) is 0 Å². The van der Waals surface area contributed by atoms with Crippen LogP contribution in [0.15, 0.2) is 0 Å². The highest BCUT2D eigenvalue weighted by molar-refractivity contribution is 5.90. The molecule has 3 N–H and O–H groups in total. The Hall–Kier alpha value is -1.10. The van der Waals surface area contributed by atoms with E-state index in [1.807, 2.05) is 13.8 Å². The maximum atomic E-state index is 11.6. The van der Waals surface area contributed by atoms with E-state index in [-0.39, 0.29) is 23.8 Å². The van der Waals surface area contributed by atoms with Crippen molar-refractivity contribution in [1.82, 2.24) is 10.2 Å². The summed E-state index contributed by atoms with van der Waals surface area (Å²) in [4.78, 5) is 24.7. The Morgan fingerprint density at radius 2 is 2.20 bits per heavy atom. The van der Waals surface area contributed by atoms with E-state index in [9.17, 15) is 9.59 Å². The molecule has 5 heteroatoms. The number of carbonyl (C=O) groups excluding carboxylic acids is 2. The van der Waals surface area contributed by atoms with Crippen molar-refractivity contribution in [3.63, 3.8) is 0 Å². The smallest absolute Gasteiger partial charge is 0.244 e. The van der Waals surface area contributed by atoms with Gasteiger partial charge in [-0.05, 0) is 12.3 Å². The van der Waals surface area contributed by atoms with Crippen LogP contribution in [0.1, 0.15) is 20.3 Å². The van der Waals surface area contributed by atoms with E-state index >= 15 is 0 Å². The Balaban J connectivity index is 2.49. The topological polar surface area (TPSA) is 75.4 Å². The number of nitrogens with two attached hydrogens (primary N) is 1. The molecule has 1 rings (SSSR count). The van der Waals surface area contributed by atoms with Gasteiger partial charge in [-0.2, -0.15) is 0 Å². The third-order valence-corrected chi connectivity index (χ3v) is 2.76. The summed E-state index contributed by atoms with van der Waals surface area (Å²) in [6, 6.07) is -0.920. The van der Waals surface area contributed by atoms with Crippen LogP contribution in [-0.4, -0.2) is 42.4 Å². The zero-order chi connectivity index (χ0) is 11.6. The molecule has 0 saturated carbocycles. The molecular weight excluding hydrogens is 194 g/mol. The van der Waals surface area contributed by atoms with Gasteiger partial charge in [-0.3, -0.25) is 9.59 Å². The summed E-state index contributed by atoms with van der Waals surface area (Å²) in [6.45, 7) is 4.46. The fraction of sp³-hybridized carbons (Fsp3) is 0.800. The fourth-order valence-electron chi connectivity index (χ4n) is 1.53. The quantitative estimate of drug-likeness (QED) is 0.652. The van der Waals surface area contributed by atoms with Crippen LogP contribution in [-0.2, 0) is 9.59 Å². The molecule has 0 aromatic rings. The molecule has 1 aliphatic rings. The molecule has 0 aliphatic carbocycles. The van der Waals surface area contributed by atoms with Crippen molar-refractivity contribution in [2.75, 3.05) is 13.6 Å². The number of nitrogens with one attached hydrogen (secondary N) is 1. The van der Waals surface area contributed by atoms with Gasteiger partial charge in [0.15, 0.2) is 0 Å². The van der Waals surface area contributed by atoms with Gasteiger partial charge in [-0.15, -0.1) is 0 Å². The van der Waals surface area contributed by atoms with Gasteiger partial charge in [0.2, 0.25) is 11.8 Å². The van der Waals surface area contributed by atoms with Gasteiger partial charge in [-0.1, -0.05) is 13.8 Å². The van der Waals surface area contributed by atoms with Crippen LogP contribution >= 0.6 is 0 Å². The average Bonchev–Trinajstić information content (AvgIpc) is 2.48. The molecule has 1 unspecified atom stereocenters. The number of carbonyl (C=O) groups is 2. The van der Waals surface area contributed by atoms with Gasteiger partial charge in [0.1, 0.15) is 6.04 Å². The molecule has 1 aliphatic heterocycles. The lowest BCUT2D eigenvalue weighted by molar-refractivity contribution is -0.132. The Bertz CT molecular complexity index is 265. The predicted molar refractivity (Wildman–Crippen MR) is 57.0 cm³/mol. The number of hydrogen-bond donors (Lipinski definition) is 2. The second kappa shape index (κ2) is 4.61. The minimum atomic E-state index is -0.538. The number of likely N-dealkylation sites (N-methyl/N-ethyl adjacent to an activating group) is 1. The SMILES string of the molecule is CC(C)[C@H](N)C(=O)NC1CCN(C)C1=O. The zero-order valence-corrected chi connectivity index (χ0v) is 9.49. The van der Waals surface area contributed by atoms with Crippen molar-refractivity contribution < 1.29 is 9.59 Å².